The molecule has 1 aromatic carbocycles. The SMILES string of the molecule is [Si]c1ccc(CCS)c(CCS)c1CCS. The lowest BCUT2D eigenvalue weighted by molar-refractivity contribution is 1.01. The molecule has 0 amide bonds. The molecule has 3 radical (unpaired) electrons. The summed E-state index contributed by atoms with van der Waals surface area (Å²) in [5.41, 5.74) is 4.23. The van der Waals surface area contributed by atoms with Crippen LogP contribution in [0.1, 0.15) is 16.7 Å². The molecule has 87 valence electrons. The normalized spacial score (nSPS) is 10.8. The van der Waals surface area contributed by atoms with Gasteiger partial charge in [-0.15, -0.1) is 0 Å². The van der Waals surface area contributed by atoms with Crippen molar-refractivity contribution in [2.75, 3.05) is 17.3 Å². The van der Waals surface area contributed by atoms with Crippen LogP contribution < -0.4 is 5.19 Å². The maximum Gasteiger partial charge on any atom is 0.0715 e. The van der Waals surface area contributed by atoms with Crippen molar-refractivity contribution in [3.63, 3.8) is 0 Å². The number of thiol groups is 3. The average molecular weight is 286 g/mol. The van der Waals surface area contributed by atoms with Gasteiger partial charge in [0, 0.05) is 0 Å². The topological polar surface area (TPSA) is 0 Å². The highest BCUT2D eigenvalue weighted by atomic mass is 32.1. The maximum atomic E-state index is 4.34. The molecular formula is C12H17S3Si. The van der Waals surface area contributed by atoms with Crippen LogP contribution in [0.25, 0.3) is 0 Å². The number of benzene rings is 1. The zero-order valence-corrected chi connectivity index (χ0v) is 12.9. The molecule has 1 aromatic rings. The summed E-state index contributed by atoms with van der Waals surface area (Å²) in [6.45, 7) is 0. The largest absolute Gasteiger partial charge is 0.179 e. The Labute approximate surface area is 118 Å². The van der Waals surface area contributed by atoms with Gasteiger partial charge in [-0.2, -0.15) is 37.9 Å². The average Bonchev–Trinajstić information content (AvgIpc) is 2.27. The molecule has 0 saturated carbocycles. The van der Waals surface area contributed by atoms with Crippen LogP contribution in [0.3, 0.4) is 0 Å². The predicted molar refractivity (Wildman–Crippen MR) is 84.5 cm³/mol. The van der Waals surface area contributed by atoms with Crippen LogP contribution >= 0.6 is 37.9 Å². The molecule has 1 rings (SSSR count). The smallest absolute Gasteiger partial charge is 0.0715 e. The van der Waals surface area contributed by atoms with Crippen LogP contribution in [0.2, 0.25) is 0 Å². The standard InChI is InChI=1S/C12H17S3Si/c13-6-3-9-1-2-12(16)11(5-8-15)10(9)4-7-14/h1-2,13-15H,3-8H2. The van der Waals surface area contributed by atoms with Crippen molar-refractivity contribution >= 4 is 53.3 Å². The molecule has 0 aliphatic heterocycles. The van der Waals surface area contributed by atoms with Crippen LogP contribution in [0.4, 0.5) is 0 Å². The van der Waals surface area contributed by atoms with E-state index in [4.69, 9.17) is 0 Å². The van der Waals surface area contributed by atoms with E-state index in [0.29, 0.717) is 0 Å². The highest BCUT2D eigenvalue weighted by Gasteiger charge is 2.09. The summed E-state index contributed by atoms with van der Waals surface area (Å²) in [5, 5.41) is 1.19. The summed E-state index contributed by atoms with van der Waals surface area (Å²) in [6, 6.07) is 4.33. The fourth-order valence-corrected chi connectivity index (χ4v) is 2.96. The molecule has 16 heavy (non-hydrogen) atoms. The quantitative estimate of drug-likeness (QED) is 0.516. The molecule has 0 saturated heterocycles. The minimum Gasteiger partial charge on any atom is -0.179 e. The second-order valence-corrected chi connectivity index (χ2v) is 5.53. The van der Waals surface area contributed by atoms with Crippen molar-refractivity contribution in [2.24, 2.45) is 0 Å². The molecule has 0 N–H and O–H groups in total. The third-order valence-electron chi connectivity index (χ3n) is 2.63. The van der Waals surface area contributed by atoms with Gasteiger partial charge in [0.05, 0.1) is 10.2 Å². The summed E-state index contributed by atoms with van der Waals surface area (Å²) in [7, 11) is 3.68. The Bertz CT molecular complexity index is 339. The van der Waals surface area contributed by atoms with E-state index in [0.717, 1.165) is 36.5 Å². The van der Waals surface area contributed by atoms with E-state index in [1.54, 1.807) is 0 Å². The van der Waals surface area contributed by atoms with Gasteiger partial charge in [-0.25, -0.2) is 0 Å². The minimum absolute atomic E-state index is 0.876. The fraction of sp³-hybridized carbons (Fsp3) is 0.500. The van der Waals surface area contributed by atoms with Gasteiger partial charge < -0.3 is 0 Å². The van der Waals surface area contributed by atoms with Crippen molar-refractivity contribution in [1.29, 1.82) is 0 Å². The number of aryl methyl sites for hydroxylation is 1. The zero-order valence-electron chi connectivity index (χ0n) is 9.24. The van der Waals surface area contributed by atoms with E-state index in [-0.39, 0.29) is 0 Å². The second kappa shape index (κ2) is 7.74. The molecule has 0 aliphatic rings. The summed E-state index contributed by atoms with van der Waals surface area (Å²) in [6.07, 6.45) is 3.05. The Morgan fingerprint density at radius 1 is 0.812 bits per heavy atom. The highest BCUT2D eigenvalue weighted by Crippen LogP contribution is 2.17. The molecule has 0 aliphatic carbocycles. The van der Waals surface area contributed by atoms with Gasteiger partial charge in [0.1, 0.15) is 0 Å². The van der Waals surface area contributed by atoms with Crippen LogP contribution in [0.15, 0.2) is 12.1 Å². The maximum absolute atomic E-state index is 4.34. The van der Waals surface area contributed by atoms with Gasteiger partial charge in [-0.1, -0.05) is 17.3 Å². The highest BCUT2D eigenvalue weighted by molar-refractivity contribution is 7.80. The summed E-state index contributed by atoms with van der Waals surface area (Å²) >= 11 is 13.0. The first-order valence-electron chi connectivity index (χ1n) is 5.42. The molecule has 0 heterocycles. The van der Waals surface area contributed by atoms with Gasteiger partial charge in [-0.05, 0) is 53.2 Å². The Kier molecular flexibility index (Phi) is 7.04. The van der Waals surface area contributed by atoms with E-state index in [9.17, 15) is 0 Å². The van der Waals surface area contributed by atoms with Crippen LogP contribution in [0.5, 0.6) is 0 Å². The number of hydrogen-bond donors (Lipinski definition) is 3. The van der Waals surface area contributed by atoms with Crippen molar-refractivity contribution in [1.82, 2.24) is 0 Å². The lowest BCUT2D eigenvalue weighted by Gasteiger charge is -2.16. The third-order valence-corrected chi connectivity index (χ3v) is 3.77. The Morgan fingerprint density at radius 3 is 1.94 bits per heavy atom. The van der Waals surface area contributed by atoms with Gasteiger partial charge in [0.15, 0.2) is 0 Å². The minimum atomic E-state index is 0.876. The first kappa shape index (κ1) is 14.5. The van der Waals surface area contributed by atoms with E-state index in [1.165, 1.54) is 21.9 Å². The molecule has 0 bridgehead atoms. The fourth-order valence-electron chi connectivity index (χ4n) is 1.92. The first-order chi connectivity index (χ1) is 7.74. The van der Waals surface area contributed by atoms with E-state index in [2.05, 4.69) is 60.3 Å². The van der Waals surface area contributed by atoms with Gasteiger partial charge in [-0.3, -0.25) is 0 Å². The molecule has 0 atom stereocenters. The lowest BCUT2D eigenvalue weighted by atomic mass is 9.95. The predicted octanol–water partition coefficient (Wildman–Crippen LogP) is 1.90. The number of rotatable bonds is 6. The molecule has 0 fully saturated rings. The summed E-state index contributed by atoms with van der Waals surface area (Å²) in [5.74, 6) is 2.65. The molecule has 0 aromatic heterocycles. The van der Waals surface area contributed by atoms with Crippen LogP contribution in [-0.2, 0) is 19.3 Å². The van der Waals surface area contributed by atoms with Crippen molar-refractivity contribution in [3.05, 3.63) is 28.8 Å². The first-order valence-corrected chi connectivity index (χ1v) is 7.82. The van der Waals surface area contributed by atoms with Crippen LogP contribution in [-0.4, -0.2) is 27.5 Å². The molecule has 4 heteroatoms. The van der Waals surface area contributed by atoms with Gasteiger partial charge >= 0.3 is 0 Å². The molecule has 0 spiro atoms. The van der Waals surface area contributed by atoms with Gasteiger partial charge in [0.2, 0.25) is 0 Å². The van der Waals surface area contributed by atoms with Crippen LogP contribution in [0, 0.1) is 0 Å². The Hall–Kier alpha value is 0.487. The Balaban J connectivity index is 3.14. The van der Waals surface area contributed by atoms with Crippen molar-refractivity contribution < 1.29 is 0 Å². The van der Waals surface area contributed by atoms with E-state index in [1.807, 2.05) is 0 Å². The Morgan fingerprint density at radius 2 is 1.38 bits per heavy atom. The third kappa shape index (κ3) is 3.76. The monoisotopic (exact) mass is 285 g/mol. The van der Waals surface area contributed by atoms with Gasteiger partial charge in [0.25, 0.3) is 0 Å². The lowest BCUT2D eigenvalue weighted by Crippen LogP contribution is -2.17. The molecule has 0 unspecified atom stereocenters. The van der Waals surface area contributed by atoms with Crippen molar-refractivity contribution in [3.8, 4) is 0 Å². The van der Waals surface area contributed by atoms with E-state index >= 15 is 0 Å². The van der Waals surface area contributed by atoms with E-state index < -0.39 is 0 Å². The van der Waals surface area contributed by atoms with Crippen molar-refractivity contribution in [2.45, 2.75) is 19.3 Å². The second-order valence-electron chi connectivity index (χ2n) is 3.65. The molecular weight excluding hydrogens is 268 g/mol. The summed E-state index contributed by atoms with van der Waals surface area (Å²) in [4.78, 5) is 0. The number of hydrogen-bond acceptors (Lipinski definition) is 3. The zero-order chi connectivity index (χ0) is 12.0. The summed E-state index contributed by atoms with van der Waals surface area (Å²) < 4.78 is 0. The molecule has 0 nitrogen and oxygen atoms in total.